The van der Waals surface area contributed by atoms with Crippen molar-refractivity contribution >= 4 is 11.7 Å². The lowest BCUT2D eigenvalue weighted by Crippen LogP contribution is -2.06. The van der Waals surface area contributed by atoms with Crippen LogP contribution in [0.2, 0.25) is 0 Å². The number of carbonyl (C=O) groups excluding carboxylic acids is 1. The van der Waals surface area contributed by atoms with Gasteiger partial charge in [0.2, 0.25) is 0 Å². The molecule has 0 amide bonds. The largest absolute Gasteiger partial charge is 0.469 e. The van der Waals surface area contributed by atoms with Crippen LogP contribution < -0.4 is 0 Å². The topological polar surface area (TPSA) is 58.9 Å². The fourth-order valence-corrected chi connectivity index (χ4v) is 1.79. The summed E-state index contributed by atoms with van der Waals surface area (Å²) in [4.78, 5) is 11.0. The highest BCUT2D eigenvalue weighted by Crippen LogP contribution is 2.15. The van der Waals surface area contributed by atoms with Crippen molar-refractivity contribution in [2.24, 2.45) is 5.16 Å². The molecule has 0 saturated heterocycles. The number of benzene rings is 1. The van der Waals surface area contributed by atoms with Gasteiger partial charge in [-0.05, 0) is 38.3 Å². The Balaban J connectivity index is 2.72. The molecule has 0 radical (unpaired) electrons. The highest BCUT2D eigenvalue weighted by atomic mass is 16.5. The zero-order valence-electron chi connectivity index (χ0n) is 11.1. The number of nitrogens with zero attached hydrogens (tertiary/aromatic N) is 1. The van der Waals surface area contributed by atoms with E-state index in [0.29, 0.717) is 25.0 Å². The summed E-state index contributed by atoms with van der Waals surface area (Å²) >= 11 is 0. The van der Waals surface area contributed by atoms with Crippen LogP contribution in [0, 0.1) is 13.8 Å². The van der Waals surface area contributed by atoms with Gasteiger partial charge in [-0.3, -0.25) is 4.79 Å². The summed E-state index contributed by atoms with van der Waals surface area (Å²) < 4.78 is 4.57. The van der Waals surface area contributed by atoms with Gasteiger partial charge in [0.05, 0.1) is 12.8 Å². The van der Waals surface area contributed by atoms with Crippen LogP contribution in [-0.4, -0.2) is 24.0 Å². The fourth-order valence-electron chi connectivity index (χ4n) is 1.79. The van der Waals surface area contributed by atoms with Gasteiger partial charge in [0.15, 0.2) is 0 Å². The number of aryl methyl sites for hydroxylation is 2. The Morgan fingerprint density at radius 2 is 2.06 bits per heavy atom. The lowest BCUT2D eigenvalue weighted by atomic mass is 9.98. The van der Waals surface area contributed by atoms with Crippen molar-refractivity contribution in [3.63, 3.8) is 0 Å². The van der Waals surface area contributed by atoms with Crippen molar-refractivity contribution in [3.8, 4) is 0 Å². The molecule has 0 saturated carbocycles. The van der Waals surface area contributed by atoms with Crippen molar-refractivity contribution in [1.82, 2.24) is 0 Å². The van der Waals surface area contributed by atoms with Gasteiger partial charge in [0.25, 0.3) is 0 Å². The Morgan fingerprint density at radius 1 is 1.33 bits per heavy atom. The third-order valence-electron chi connectivity index (χ3n) is 2.85. The Labute approximate surface area is 107 Å². The van der Waals surface area contributed by atoms with E-state index in [2.05, 4.69) is 9.89 Å². The summed E-state index contributed by atoms with van der Waals surface area (Å²) in [6.45, 7) is 3.96. The summed E-state index contributed by atoms with van der Waals surface area (Å²) in [6, 6.07) is 6.00. The zero-order chi connectivity index (χ0) is 13.5. The van der Waals surface area contributed by atoms with Crippen molar-refractivity contribution < 1.29 is 14.7 Å². The molecule has 0 heterocycles. The molecule has 4 nitrogen and oxygen atoms in total. The predicted molar refractivity (Wildman–Crippen MR) is 70.1 cm³/mol. The molecule has 1 aromatic carbocycles. The maximum atomic E-state index is 11.0. The third-order valence-corrected chi connectivity index (χ3v) is 2.85. The molecule has 0 fully saturated rings. The molecule has 18 heavy (non-hydrogen) atoms. The summed E-state index contributed by atoms with van der Waals surface area (Å²) in [5, 5.41) is 12.4. The predicted octanol–water partition coefficient (Wildman–Crippen LogP) is 2.83. The molecule has 0 bridgehead atoms. The average Bonchev–Trinajstić information content (AvgIpc) is 2.37. The van der Waals surface area contributed by atoms with E-state index in [0.717, 1.165) is 16.7 Å². The molecule has 0 aliphatic rings. The quantitative estimate of drug-likeness (QED) is 0.378. The van der Waals surface area contributed by atoms with Gasteiger partial charge in [0, 0.05) is 12.0 Å². The molecule has 0 aliphatic heterocycles. The molecular weight excluding hydrogens is 230 g/mol. The highest BCUT2D eigenvalue weighted by Gasteiger charge is 2.09. The van der Waals surface area contributed by atoms with Crippen LogP contribution in [0.4, 0.5) is 0 Å². The molecule has 0 unspecified atom stereocenters. The molecule has 0 spiro atoms. The molecule has 98 valence electrons. The summed E-state index contributed by atoms with van der Waals surface area (Å²) in [7, 11) is 1.37. The Morgan fingerprint density at radius 3 is 2.67 bits per heavy atom. The normalized spacial score (nSPS) is 11.4. The van der Waals surface area contributed by atoms with Crippen molar-refractivity contribution in [2.45, 2.75) is 33.1 Å². The van der Waals surface area contributed by atoms with Gasteiger partial charge in [0.1, 0.15) is 0 Å². The SMILES string of the molecule is COC(=O)CCCC(=NO)c1cc(C)ccc1C. The van der Waals surface area contributed by atoms with Gasteiger partial charge in [-0.1, -0.05) is 22.9 Å². The molecule has 1 aromatic rings. The van der Waals surface area contributed by atoms with Crippen LogP contribution >= 0.6 is 0 Å². The molecule has 0 aliphatic carbocycles. The number of rotatable bonds is 5. The lowest BCUT2D eigenvalue weighted by Gasteiger charge is -2.09. The summed E-state index contributed by atoms with van der Waals surface area (Å²) in [5.74, 6) is -0.242. The first-order chi connectivity index (χ1) is 8.58. The number of methoxy groups -OCH3 is 1. The number of carbonyl (C=O) groups is 1. The maximum absolute atomic E-state index is 11.0. The minimum Gasteiger partial charge on any atom is -0.469 e. The van der Waals surface area contributed by atoms with Gasteiger partial charge in [-0.15, -0.1) is 0 Å². The minimum atomic E-state index is -0.242. The number of ether oxygens (including phenoxy) is 1. The molecule has 0 aromatic heterocycles. The number of hydrogen-bond acceptors (Lipinski definition) is 4. The van der Waals surface area contributed by atoms with Gasteiger partial charge in [-0.25, -0.2) is 0 Å². The highest BCUT2D eigenvalue weighted by molar-refractivity contribution is 6.01. The lowest BCUT2D eigenvalue weighted by molar-refractivity contribution is -0.140. The Bertz CT molecular complexity index is 452. The average molecular weight is 249 g/mol. The molecule has 1 N–H and O–H groups in total. The van der Waals surface area contributed by atoms with E-state index in [4.69, 9.17) is 5.21 Å². The second-order valence-corrected chi connectivity index (χ2v) is 4.29. The van der Waals surface area contributed by atoms with E-state index in [1.807, 2.05) is 32.0 Å². The van der Waals surface area contributed by atoms with Gasteiger partial charge in [-0.2, -0.15) is 0 Å². The van der Waals surface area contributed by atoms with Crippen LogP contribution in [0.5, 0.6) is 0 Å². The summed E-state index contributed by atoms with van der Waals surface area (Å²) in [6.07, 6.45) is 1.50. The number of esters is 1. The Kier molecular flexibility index (Phi) is 5.36. The van der Waals surface area contributed by atoms with Gasteiger partial charge < -0.3 is 9.94 Å². The molecule has 1 rings (SSSR count). The van der Waals surface area contributed by atoms with E-state index in [1.54, 1.807) is 0 Å². The Hall–Kier alpha value is -1.84. The van der Waals surface area contributed by atoms with Crippen LogP contribution in [0.25, 0.3) is 0 Å². The molecular formula is C14H19NO3. The first-order valence-electron chi connectivity index (χ1n) is 5.94. The van der Waals surface area contributed by atoms with E-state index in [9.17, 15) is 4.79 Å². The van der Waals surface area contributed by atoms with Crippen LogP contribution in [0.3, 0.4) is 0 Å². The van der Waals surface area contributed by atoms with E-state index < -0.39 is 0 Å². The first-order valence-corrected chi connectivity index (χ1v) is 5.94. The molecule has 0 atom stereocenters. The second kappa shape index (κ2) is 6.79. The second-order valence-electron chi connectivity index (χ2n) is 4.29. The van der Waals surface area contributed by atoms with E-state index in [-0.39, 0.29) is 5.97 Å². The monoisotopic (exact) mass is 249 g/mol. The number of oxime groups is 1. The van der Waals surface area contributed by atoms with Crippen molar-refractivity contribution in [3.05, 3.63) is 34.9 Å². The van der Waals surface area contributed by atoms with Crippen LogP contribution in [0.15, 0.2) is 23.4 Å². The van der Waals surface area contributed by atoms with Crippen molar-refractivity contribution in [1.29, 1.82) is 0 Å². The van der Waals surface area contributed by atoms with E-state index in [1.165, 1.54) is 7.11 Å². The smallest absolute Gasteiger partial charge is 0.305 e. The molecule has 4 heteroatoms. The maximum Gasteiger partial charge on any atom is 0.305 e. The standard InChI is InChI=1S/C14H19NO3/c1-10-7-8-11(2)12(9-10)13(15-17)5-4-6-14(16)18-3/h7-9,17H,4-6H2,1-3H3. The third kappa shape index (κ3) is 3.87. The van der Waals surface area contributed by atoms with Crippen LogP contribution in [-0.2, 0) is 9.53 Å². The van der Waals surface area contributed by atoms with Crippen LogP contribution in [0.1, 0.15) is 36.0 Å². The zero-order valence-corrected chi connectivity index (χ0v) is 11.1. The van der Waals surface area contributed by atoms with Gasteiger partial charge >= 0.3 is 5.97 Å². The van der Waals surface area contributed by atoms with Crippen molar-refractivity contribution in [2.75, 3.05) is 7.11 Å². The fraction of sp³-hybridized carbons (Fsp3) is 0.429. The first kappa shape index (κ1) is 14.2. The van der Waals surface area contributed by atoms with E-state index >= 15 is 0 Å². The summed E-state index contributed by atoms with van der Waals surface area (Å²) in [5.41, 5.74) is 3.72. The number of hydrogen-bond donors (Lipinski definition) is 1. The minimum absolute atomic E-state index is 0.242.